The molecule has 0 saturated heterocycles. The Morgan fingerprint density at radius 1 is 1.21 bits per heavy atom. The number of hydrogen-bond acceptors (Lipinski definition) is 3. The van der Waals surface area contributed by atoms with Crippen LogP contribution in [-0.4, -0.2) is 11.9 Å². The zero-order valence-corrected chi connectivity index (χ0v) is 8.75. The maximum atomic E-state index is 11.2. The van der Waals surface area contributed by atoms with Crippen molar-refractivity contribution in [3.63, 3.8) is 0 Å². The number of carbonyl (C=O) groups excluding carboxylic acids is 2. The van der Waals surface area contributed by atoms with Crippen LogP contribution in [0.1, 0.15) is 51.9 Å². The van der Waals surface area contributed by atoms with Crippen LogP contribution in [0.15, 0.2) is 0 Å². The highest BCUT2D eigenvalue weighted by Gasteiger charge is 2.20. The highest BCUT2D eigenvalue weighted by atomic mass is 16.6. The lowest BCUT2D eigenvalue weighted by atomic mass is 10.0. The first-order valence-electron chi connectivity index (χ1n) is 5.46. The van der Waals surface area contributed by atoms with Crippen molar-refractivity contribution < 1.29 is 14.3 Å². The molecule has 0 amide bonds. The van der Waals surface area contributed by atoms with Gasteiger partial charge in [-0.15, -0.1) is 0 Å². The normalized spacial score (nSPS) is 16.9. The molecule has 0 aromatic heterocycles. The summed E-state index contributed by atoms with van der Waals surface area (Å²) < 4.78 is 4.67. The molecule has 0 bridgehead atoms. The van der Waals surface area contributed by atoms with Crippen molar-refractivity contribution in [2.45, 2.75) is 51.9 Å². The lowest BCUT2D eigenvalue weighted by Gasteiger charge is -2.06. The first-order chi connectivity index (χ1) is 6.72. The number of esters is 2. The van der Waals surface area contributed by atoms with E-state index in [0.29, 0.717) is 18.8 Å². The summed E-state index contributed by atoms with van der Waals surface area (Å²) in [4.78, 5) is 22.2. The first kappa shape index (κ1) is 11.2. The van der Waals surface area contributed by atoms with E-state index in [1.54, 1.807) is 0 Å². The van der Waals surface area contributed by atoms with Crippen molar-refractivity contribution >= 4 is 11.9 Å². The monoisotopic (exact) mass is 198 g/mol. The summed E-state index contributed by atoms with van der Waals surface area (Å²) in [5.74, 6) is -0.261. The lowest BCUT2D eigenvalue weighted by Crippen LogP contribution is -2.14. The van der Waals surface area contributed by atoms with Gasteiger partial charge in [0.1, 0.15) is 0 Å². The summed E-state index contributed by atoms with van der Waals surface area (Å²) in [6.07, 6.45) is 6.14. The van der Waals surface area contributed by atoms with E-state index in [4.69, 9.17) is 0 Å². The van der Waals surface area contributed by atoms with Gasteiger partial charge in [0.2, 0.25) is 0 Å². The molecular formula is C11H18O3. The van der Waals surface area contributed by atoms with Crippen LogP contribution in [-0.2, 0) is 14.3 Å². The van der Waals surface area contributed by atoms with Gasteiger partial charge < -0.3 is 4.74 Å². The van der Waals surface area contributed by atoms with Crippen molar-refractivity contribution in [2.24, 2.45) is 5.92 Å². The van der Waals surface area contributed by atoms with Crippen LogP contribution in [0.5, 0.6) is 0 Å². The molecule has 1 aliphatic rings. The Bertz CT molecular complexity index is 205. The zero-order chi connectivity index (χ0) is 10.4. The largest absolute Gasteiger partial charge is 0.393 e. The topological polar surface area (TPSA) is 43.4 Å². The van der Waals surface area contributed by atoms with Gasteiger partial charge in [-0.2, -0.15) is 0 Å². The molecule has 0 aromatic rings. The molecule has 1 aliphatic carbocycles. The van der Waals surface area contributed by atoms with E-state index in [1.165, 1.54) is 12.8 Å². The fraction of sp³-hybridized carbons (Fsp3) is 0.818. The van der Waals surface area contributed by atoms with Crippen molar-refractivity contribution in [3.05, 3.63) is 0 Å². The van der Waals surface area contributed by atoms with Gasteiger partial charge in [-0.1, -0.05) is 19.8 Å². The Kier molecular flexibility index (Phi) is 4.63. The predicted octanol–water partition coefficient (Wildman–Crippen LogP) is 2.44. The van der Waals surface area contributed by atoms with Crippen LogP contribution >= 0.6 is 0 Å². The summed E-state index contributed by atoms with van der Waals surface area (Å²) in [6.45, 7) is 1.89. The summed E-state index contributed by atoms with van der Waals surface area (Å²) >= 11 is 0. The standard InChI is InChI=1S/C11H18O3/c1-2-5-10(12)14-11(13)8-9-6-3-4-7-9/h9H,2-8H2,1H3. The molecule has 0 unspecified atom stereocenters. The molecule has 1 fully saturated rings. The fourth-order valence-corrected chi connectivity index (χ4v) is 1.87. The fourth-order valence-electron chi connectivity index (χ4n) is 1.87. The molecule has 0 aromatic carbocycles. The van der Waals surface area contributed by atoms with Crippen LogP contribution in [0.4, 0.5) is 0 Å². The van der Waals surface area contributed by atoms with Gasteiger partial charge in [0.05, 0.1) is 0 Å². The number of carbonyl (C=O) groups is 2. The van der Waals surface area contributed by atoms with Crippen LogP contribution in [0.3, 0.4) is 0 Å². The second kappa shape index (κ2) is 5.78. The minimum atomic E-state index is -0.379. The Morgan fingerprint density at radius 3 is 2.43 bits per heavy atom. The second-order valence-electron chi connectivity index (χ2n) is 3.95. The molecule has 0 atom stereocenters. The zero-order valence-electron chi connectivity index (χ0n) is 8.75. The molecule has 0 heterocycles. The Hall–Kier alpha value is -0.860. The Balaban J connectivity index is 2.17. The summed E-state index contributed by atoms with van der Waals surface area (Å²) in [7, 11) is 0. The number of hydrogen-bond donors (Lipinski definition) is 0. The van der Waals surface area contributed by atoms with Crippen molar-refractivity contribution in [1.82, 2.24) is 0 Å². The van der Waals surface area contributed by atoms with Crippen LogP contribution in [0.25, 0.3) is 0 Å². The quantitative estimate of drug-likeness (QED) is 0.514. The molecule has 14 heavy (non-hydrogen) atoms. The van der Waals surface area contributed by atoms with Gasteiger partial charge in [-0.05, 0) is 25.2 Å². The summed E-state index contributed by atoms with van der Waals surface area (Å²) in [5.41, 5.74) is 0. The van der Waals surface area contributed by atoms with E-state index < -0.39 is 0 Å². The molecule has 0 aliphatic heterocycles. The molecule has 1 rings (SSSR count). The second-order valence-corrected chi connectivity index (χ2v) is 3.95. The van der Waals surface area contributed by atoms with Crippen LogP contribution in [0, 0.1) is 5.92 Å². The smallest absolute Gasteiger partial charge is 0.313 e. The SMILES string of the molecule is CCCC(=O)OC(=O)CC1CCCC1. The van der Waals surface area contributed by atoms with E-state index in [9.17, 15) is 9.59 Å². The summed E-state index contributed by atoms with van der Waals surface area (Å²) in [5, 5.41) is 0. The van der Waals surface area contributed by atoms with E-state index in [-0.39, 0.29) is 11.9 Å². The number of ether oxygens (including phenoxy) is 1. The molecule has 0 spiro atoms. The minimum absolute atomic E-state index is 0.338. The van der Waals surface area contributed by atoms with Crippen molar-refractivity contribution in [1.29, 1.82) is 0 Å². The third-order valence-electron chi connectivity index (χ3n) is 2.61. The molecule has 1 saturated carbocycles. The van der Waals surface area contributed by atoms with Gasteiger partial charge in [0.15, 0.2) is 0 Å². The van der Waals surface area contributed by atoms with E-state index >= 15 is 0 Å². The summed E-state index contributed by atoms with van der Waals surface area (Å²) in [6, 6.07) is 0. The maximum absolute atomic E-state index is 11.2. The average Bonchev–Trinajstić information content (AvgIpc) is 2.56. The van der Waals surface area contributed by atoms with Gasteiger partial charge in [0, 0.05) is 12.8 Å². The third kappa shape index (κ3) is 3.90. The Labute approximate surface area is 84.8 Å². The molecule has 0 radical (unpaired) electrons. The first-order valence-corrected chi connectivity index (χ1v) is 5.46. The highest BCUT2D eigenvalue weighted by molar-refractivity contribution is 5.85. The molecular weight excluding hydrogens is 180 g/mol. The molecule has 3 heteroatoms. The number of rotatable bonds is 4. The lowest BCUT2D eigenvalue weighted by molar-refractivity contribution is -0.160. The van der Waals surface area contributed by atoms with Gasteiger partial charge in [0.25, 0.3) is 0 Å². The van der Waals surface area contributed by atoms with Crippen molar-refractivity contribution in [2.75, 3.05) is 0 Å². The van der Waals surface area contributed by atoms with E-state index in [0.717, 1.165) is 19.3 Å². The van der Waals surface area contributed by atoms with Gasteiger partial charge in [-0.25, -0.2) is 0 Å². The van der Waals surface area contributed by atoms with Crippen molar-refractivity contribution in [3.8, 4) is 0 Å². The third-order valence-corrected chi connectivity index (χ3v) is 2.61. The minimum Gasteiger partial charge on any atom is -0.393 e. The average molecular weight is 198 g/mol. The van der Waals surface area contributed by atoms with Gasteiger partial charge >= 0.3 is 11.9 Å². The van der Waals surface area contributed by atoms with Crippen LogP contribution in [0.2, 0.25) is 0 Å². The predicted molar refractivity (Wildman–Crippen MR) is 52.6 cm³/mol. The van der Waals surface area contributed by atoms with E-state index in [2.05, 4.69) is 4.74 Å². The van der Waals surface area contributed by atoms with Crippen LogP contribution < -0.4 is 0 Å². The van der Waals surface area contributed by atoms with Gasteiger partial charge in [-0.3, -0.25) is 9.59 Å². The maximum Gasteiger partial charge on any atom is 0.313 e. The highest BCUT2D eigenvalue weighted by Crippen LogP contribution is 2.27. The van der Waals surface area contributed by atoms with E-state index in [1.807, 2.05) is 6.92 Å². The molecule has 80 valence electrons. The Morgan fingerprint density at radius 2 is 1.86 bits per heavy atom. The molecule has 0 N–H and O–H groups in total. The molecule has 3 nitrogen and oxygen atoms in total.